The molecule has 0 fully saturated rings. The Morgan fingerprint density at radius 3 is 2.41 bits per heavy atom. The predicted octanol–water partition coefficient (Wildman–Crippen LogP) is 4.71. The topological polar surface area (TPSA) is 93.7 Å². The summed E-state index contributed by atoms with van der Waals surface area (Å²) in [4.78, 5) is 37.3. The highest BCUT2D eigenvalue weighted by Crippen LogP contribution is 2.22. The van der Waals surface area contributed by atoms with Crippen molar-refractivity contribution in [2.75, 3.05) is 6.54 Å². The van der Waals surface area contributed by atoms with E-state index in [0.717, 1.165) is 11.6 Å². The Balaban J connectivity index is 2.00. The number of hydrogen-bond acceptors (Lipinski definition) is 5. The molecule has 2 rings (SSSR count). The number of ether oxygens (including phenoxy) is 2. The third-order valence-electron chi connectivity index (χ3n) is 4.42. The molecule has 0 spiro atoms. The molecule has 0 aliphatic heterocycles. The van der Waals surface area contributed by atoms with Gasteiger partial charge in [-0.25, -0.2) is 14.0 Å². The molecule has 1 aromatic rings. The summed E-state index contributed by atoms with van der Waals surface area (Å²) in [6.45, 7) is 8.28. The number of hydrogen-bond donors (Lipinski definition) is 2. The molecule has 2 N–H and O–H groups in total. The summed E-state index contributed by atoms with van der Waals surface area (Å²) in [5.74, 6) is -2.00. The minimum atomic E-state index is -1.20. The predicted molar refractivity (Wildman–Crippen MR) is 129 cm³/mol. The van der Waals surface area contributed by atoms with Crippen molar-refractivity contribution < 1.29 is 28.2 Å². The SMILES string of the molecule is CC(C)(C)OC(=O)[C@H](CNC(=O)/C=C/c1cccc(Cl)c1F)NC(=O)OC(C)(C)CC=C1C=C1. The van der Waals surface area contributed by atoms with Crippen LogP contribution in [0.3, 0.4) is 0 Å². The summed E-state index contributed by atoms with van der Waals surface area (Å²) in [6, 6.07) is 3.20. The van der Waals surface area contributed by atoms with Gasteiger partial charge in [-0.1, -0.05) is 42.0 Å². The first-order valence-electron chi connectivity index (χ1n) is 10.8. The number of allylic oxidation sites excluding steroid dienone is 3. The molecule has 9 heteroatoms. The van der Waals surface area contributed by atoms with E-state index in [4.69, 9.17) is 21.1 Å². The van der Waals surface area contributed by atoms with Crippen LogP contribution in [0, 0.1) is 5.82 Å². The summed E-state index contributed by atoms with van der Waals surface area (Å²) in [5, 5.41) is 4.89. The molecule has 0 unspecified atom stereocenters. The minimum Gasteiger partial charge on any atom is -0.458 e. The van der Waals surface area contributed by atoms with Crippen LogP contribution in [0.4, 0.5) is 9.18 Å². The standard InChI is InChI=1S/C25H30ClFN2O5/c1-24(2,3)33-22(31)19(29-23(32)34-25(4,5)14-13-16-9-10-16)15-28-20(30)12-11-17-7-6-8-18(26)21(17)27/h6-13,19H,14-15H2,1-5H3,(H,28,30)(H,29,32)/b12-11+/t19-/m0/s1. The fraction of sp³-hybridized carbons (Fsp3) is 0.400. The summed E-state index contributed by atoms with van der Waals surface area (Å²) in [5.41, 5.74) is -0.409. The highest BCUT2D eigenvalue weighted by molar-refractivity contribution is 6.30. The van der Waals surface area contributed by atoms with E-state index in [2.05, 4.69) is 10.6 Å². The van der Waals surface area contributed by atoms with Crippen LogP contribution in [0.25, 0.3) is 6.08 Å². The van der Waals surface area contributed by atoms with Crippen LogP contribution >= 0.6 is 11.6 Å². The lowest BCUT2D eigenvalue weighted by atomic mass is 10.0. The molecular formula is C25H30ClFN2O5. The number of benzene rings is 1. The molecule has 1 aliphatic carbocycles. The van der Waals surface area contributed by atoms with E-state index in [9.17, 15) is 18.8 Å². The second kappa shape index (κ2) is 11.3. The van der Waals surface area contributed by atoms with Gasteiger partial charge in [0.1, 0.15) is 23.1 Å². The normalized spacial score (nSPS) is 13.9. The maximum Gasteiger partial charge on any atom is 0.408 e. The van der Waals surface area contributed by atoms with E-state index < -0.39 is 41.0 Å². The molecule has 7 nitrogen and oxygen atoms in total. The number of esters is 1. The molecule has 2 amide bonds. The molecule has 184 valence electrons. The molecule has 0 aromatic heterocycles. The number of nitrogens with one attached hydrogen (secondary N) is 2. The lowest BCUT2D eigenvalue weighted by Gasteiger charge is -2.27. The summed E-state index contributed by atoms with van der Waals surface area (Å²) >= 11 is 5.73. The van der Waals surface area contributed by atoms with Gasteiger partial charge in [0, 0.05) is 24.6 Å². The zero-order valence-electron chi connectivity index (χ0n) is 19.9. The van der Waals surface area contributed by atoms with Gasteiger partial charge in [0.2, 0.25) is 5.91 Å². The first-order valence-corrected chi connectivity index (χ1v) is 11.1. The zero-order valence-corrected chi connectivity index (χ0v) is 20.7. The van der Waals surface area contributed by atoms with Crippen molar-refractivity contribution in [1.29, 1.82) is 0 Å². The van der Waals surface area contributed by atoms with Gasteiger partial charge in [0.25, 0.3) is 0 Å². The number of carbonyl (C=O) groups is 3. The molecule has 0 saturated carbocycles. The van der Waals surface area contributed by atoms with Gasteiger partial charge in [-0.3, -0.25) is 4.79 Å². The maximum atomic E-state index is 14.0. The lowest BCUT2D eigenvalue weighted by Crippen LogP contribution is -2.51. The summed E-state index contributed by atoms with van der Waals surface area (Å²) < 4.78 is 24.8. The van der Waals surface area contributed by atoms with Crippen LogP contribution in [-0.4, -0.2) is 41.8 Å². The number of alkyl carbamates (subject to hydrolysis) is 1. The Labute approximate surface area is 204 Å². The molecule has 1 atom stereocenters. The first kappa shape index (κ1) is 27.1. The van der Waals surface area contributed by atoms with Gasteiger partial charge in [-0.15, -0.1) is 0 Å². The van der Waals surface area contributed by atoms with Crippen molar-refractivity contribution >= 4 is 35.6 Å². The Morgan fingerprint density at radius 2 is 1.79 bits per heavy atom. The van der Waals surface area contributed by atoms with E-state index in [-0.39, 0.29) is 17.1 Å². The highest BCUT2D eigenvalue weighted by atomic mass is 35.5. The van der Waals surface area contributed by atoms with Crippen molar-refractivity contribution in [3.05, 3.63) is 64.5 Å². The first-order chi connectivity index (χ1) is 15.8. The summed E-state index contributed by atoms with van der Waals surface area (Å²) in [7, 11) is 0. The van der Waals surface area contributed by atoms with Crippen LogP contribution < -0.4 is 10.6 Å². The summed E-state index contributed by atoms with van der Waals surface area (Å²) in [6.07, 6.45) is 7.83. The molecule has 0 radical (unpaired) electrons. The number of carbonyl (C=O) groups excluding carboxylic acids is 3. The largest absolute Gasteiger partial charge is 0.458 e. The van der Waals surface area contributed by atoms with E-state index in [1.54, 1.807) is 40.7 Å². The van der Waals surface area contributed by atoms with Gasteiger partial charge in [0.05, 0.1) is 5.02 Å². The van der Waals surface area contributed by atoms with Crippen LogP contribution in [-0.2, 0) is 19.1 Å². The highest BCUT2D eigenvalue weighted by Gasteiger charge is 2.30. The number of amides is 2. The average molecular weight is 493 g/mol. The Morgan fingerprint density at radius 1 is 1.12 bits per heavy atom. The van der Waals surface area contributed by atoms with Crippen LogP contribution in [0.15, 0.2) is 48.1 Å². The second-order valence-corrected chi connectivity index (χ2v) is 9.75. The quantitative estimate of drug-likeness (QED) is 0.384. The lowest BCUT2D eigenvalue weighted by molar-refractivity contribution is -0.157. The molecular weight excluding hydrogens is 463 g/mol. The van der Waals surface area contributed by atoms with Crippen molar-refractivity contribution in [2.45, 2.75) is 58.3 Å². The van der Waals surface area contributed by atoms with Crippen LogP contribution in [0.2, 0.25) is 5.02 Å². The van der Waals surface area contributed by atoms with Gasteiger partial charge >= 0.3 is 12.1 Å². The van der Waals surface area contributed by atoms with Crippen molar-refractivity contribution in [3.8, 4) is 0 Å². The van der Waals surface area contributed by atoms with Gasteiger partial charge in [-0.2, -0.15) is 0 Å². The molecule has 1 aliphatic rings. The maximum absolute atomic E-state index is 14.0. The fourth-order valence-corrected chi connectivity index (χ4v) is 2.84. The third kappa shape index (κ3) is 9.79. The van der Waals surface area contributed by atoms with Gasteiger partial charge in [0.15, 0.2) is 0 Å². The Kier molecular flexibility index (Phi) is 9.04. The molecule has 1 aromatic carbocycles. The zero-order chi connectivity index (χ0) is 25.5. The molecule has 0 heterocycles. The fourth-order valence-electron chi connectivity index (χ4n) is 2.65. The van der Waals surface area contributed by atoms with Crippen LogP contribution in [0.5, 0.6) is 0 Å². The minimum absolute atomic E-state index is 0.0669. The number of halogens is 2. The van der Waals surface area contributed by atoms with Gasteiger partial charge < -0.3 is 20.1 Å². The van der Waals surface area contributed by atoms with Crippen molar-refractivity contribution in [1.82, 2.24) is 10.6 Å². The van der Waals surface area contributed by atoms with Gasteiger partial charge in [-0.05, 0) is 52.3 Å². The van der Waals surface area contributed by atoms with Crippen molar-refractivity contribution in [2.24, 2.45) is 0 Å². The Bertz CT molecular complexity index is 1020. The third-order valence-corrected chi connectivity index (χ3v) is 4.71. The average Bonchev–Trinajstić information content (AvgIpc) is 3.53. The molecule has 0 bridgehead atoms. The van der Waals surface area contributed by atoms with E-state index >= 15 is 0 Å². The molecule has 34 heavy (non-hydrogen) atoms. The van der Waals surface area contributed by atoms with E-state index in [1.807, 2.05) is 18.2 Å². The smallest absolute Gasteiger partial charge is 0.408 e. The number of rotatable bonds is 9. The van der Waals surface area contributed by atoms with E-state index in [1.165, 1.54) is 18.2 Å². The van der Waals surface area contributed by atoms with E-state index in [0.29, 0.717) is 6.42 Å². The molecule has 0 saturated heterocycles. The van der Waals surface area contributed by atoms with Crippen LogP contribution in [0.1, 0.15) is 46.6 Å². The Hall–Kier alpha value is -3.13. The monoisotopic (exact) mass is 492 g/mol. The second-order valence-electron chi connectivity index (χ2n) is 9.34. The van der Waals surface area contributed by atoms with Crippen molar-refractivity contribution in [3.63, 3.8) is 0 Å².